The summed E-state index contributed by atoms with van der Waals surface area (Å²) in [6.07, 6.45) is 0. The first-order chi connectivity index (χ1) is 9.81. The first-order valence-corrected chi connectivity index (χ1v) is 6.85. The van der Waals surface area contributed by atoms with Gasteiger partial charge in [-0.2, -0.15) is 0 Å². The van der Waals surface area contributed by atoms with Gasteiger partial charge in [0.1, 0.15) is 6.54 Å². The van der Waals surface area contributed by atoms with Gasteiger partial charge in [-0.05, 0) is 18.1 Å². The zero-order chi connectivity index (χ0) is 16.0. The standard InChI is InChI=1S/C15H23N3O3/c1-11(2)9-18(10-14(19)20)15(21)16-12-7-5-6-8-13(12)17(3)4/h5-8,11H,9-10H2,1-4H3,(H,16,21)(H,19,20). The van der Waals surface area contributed by atoms with Crippen molar-refractivity contribution < 1.29 is 14.7 Å². The number of anilines is 2. The summed E-state index contributed by atoms with van der Waals surface area (Å²) in [6, 6.07) is 6.99. The van der Waals surface area contributed by atoms with Gasteiger partial charge in [0.25, 0.3) is 0 Å². The van der Waals surface area contributed by atoms with Crippen LogP contribution in [0.15, 0.2) is 24.3 Å². The summed E-state index contributed by atoms with van der Waals surface area (Å²) in [5.74, 6) is -0.828. The smallest absolute Gasteiger partial charge is 0.323 e. The molecule has 0 saturated carbocycles. The third-order valence-corrected chi connectivity index (χ3v) is 2.83. The Morgan fingerprint density at radius 2 is 1.86 bits per heavy atom. The fourth-order valence-corrected chi connectivity index (χ4v) is 1.99. The van der Waals surface area contributed by atoms with Crippen LogP contribution in [0.25, 0.3) is 0 Å². The van der Waals surface area contributed by atoms with E-state index in [-0.39, 0.29) is 12.5 Å². The van der Waals surface area contributed by atoms with Crippen LogP contribution in [0.5, 0.6) is 0 Å². The van der Waals surface area contributed by atoms with Crippen LogP contribution in [0.4, 0.5) is 16.2 Å². The predicted molar refractivity (Wildman–Crippen MR) is 83.8 cm³/mol. The third kappa shape index (κ3) is 5.33. The zero-order valence-corrected chi connectivity index (χ0v) is 13.0. The molecule has 0 unspecified atom stereocenters. The van der Waals surface area contributed by atoms with Crippen LogP contribution in [-0.4, -0.2) is 49.2 Å². The van der Waals surface area contributed by atoms with Gasteiger partial charge in [0.05, 0.1) is 11.4 Å². The van der Waals surface area contributed by atoms with Gasteiger partial charge in [0, 0.05) is 20.6 Å². The van der Waals surface area contributed by atoms with E-state index in [1.54, 1.807) is 6.07 Å². The number of amides is 2. The normalized spacial score (nSPS) is 10.3. The summed E-state index contributed by atoms with van der Waals surface area (Å²) in [6.45, 7) is 3.96. The van der Waals surface area contributed by atoms with Gasteiger partial charge in [-0.3, -0.25) is 4.79 Å². The lowest BCUT2D eigenvalue weighted by Gasteiger charge is -2.25. The molecule has 6 nitrogen and oxygen atoms in total. The highest BCUT2D eigenvalue weighted by Crippen LogP contribution is 2.23. The molecule has 0 spiro atoms. The molecule has 6 heteroatoms. The number of carboxylic acids is 1. The van der Waals surface area contributed by atoms with Gasteiger partial charge >= 0.3 is 12.0 Å². The van der Waals surface area contributed by atoms with Crippen LogP contribution >= 0.6 is 0 Å². The van der Waals surface area contributed by atoms with Crippen LogP contribution in [0.3, 0.4) is 0 Å². The van der Waals surface area contributed by atoms with Crippen molar-refractivity contribution in [3.8, 4) is 0 Å². The SMILES string of the molecule is CC(C)CN(CC(=O)O)C(=O)Nc1ccccc1N(C)C. The first kappa shape index (κ1) is 16.8. The van der Waals surface area contributed by atoms with E-state index in [0.717, 1.165) is 5.69 Å². The minimum absolute atomic E-state index is 0.194. The summed E-state index contributed by atoms with van der Waals surface area (Å²) >= 11 is 0. The maximum absolute atomic E-state index is 12.3. The van der Waals surface area contributed by atoms with Gasteiger partial charge in [0.2, 0.25) is 0 Å². The first-order valence-electron chi connectivity index (χ1n) is 6.85. The lowest BCUT2D eigenvalue weighted by Crippen LogP contribution is -2.41. The molecule has 0 atom stereocenters. The largest absolute Gasteiger partial charge is 0.480 e. The van der Waals surface area contributed by atoms with E-state index in [1.807, 2.05) is 51.0 Å². The molecule has 1 aromatic carbocycles. The topological polar surface area (TPSA) is 72.9 Å². The van der Waals surface area contributed by atoms with Gasteiger partial charge < -0.3 is 20.2 Å². The van der Waals surface area contributed by atoms with Crippen LogP contribution < -0.4 is 10.2 Å². The summed E-state index contributed by atoms with van der Waals surface area (Å²) in [5, 5.41) is 11.7. The van der Waals surface area contributed by atoms with E-state index >= 15 is 0 Å². The van der Waals surface area contributed by atoms with Crippen molar-refractivity contribution >= 4 is 23.4 Å². The van der Waals surface area contributed by atoms with Crippen molar-refractivity contribution in [2.45, 2.75) is 13.8 Å². The molecular formula is C15H23N3O3. The van der Waals surface area contributed by atoms with Crippen molar-refractivity contribution in [3.63, 3.8) is 0 Å². The Morgan fingerprint density at radius 1 is 1.24 bits per heavy atom. The Kier molecular flexibility index (Phi) is 6.02. The number of urea groups is 1. The van der Waals surface area contributed by atoms with E-state index < -0.39 is 12.0 Å². The number of hydrogen-bond donors (Lipinski definition) is 2. The number of nitrogens with one attached hydrogen (secondary N) is 1. The molecular weight excluding hydrogens is 270 g/mol. The summed E-state index contributed by atoms with van der Waals surface area (Å²) in [5.41, 5.74) is 1.53. The molecule has 0 heterocycles. The van der Waals surface area contributed by atoms with Crippen LogP contribution in [0.2, 0.25) is 0 Å². The second kappa shape index (κ2) is 7.52. The van der Waals surface area contributed by atoms with Gasteiger partial charge in [-0.15, -0.1) is 0 Å². The van der Waals surface area contributed by atoms with E-state index in [9.17, 15) is 9.59 Å². The molecule has 0 saturated heterocycles. The fraction of sp³-hybridized carbons (Fsp3) is 0.467. The minimum Gasteiger partial charge on any atom is -0.480 e. The maximum Gasteiger partial charge on any atom is 0.323 e. The van der Waals surface area contributed by atoms with E-state index in [1.165, 1.54) is 4.90 Å². The van der Waals surface area contributed by atoms with E-state index in [0.29, 0.717) is 12.2 Å². The Bertz CT molecular complexity index is 501. The highest BCUT2D eigenvalue weighted by atomic mass is 16.4. The highest BCUT2D eigenvalue weighted by Gasteiger charge is 2.19. The second-order valence-electron chi connectivity index (χ2n) is 5.51. The molecule has 0 aliphatic carbocycles. The lowest BCUT2D eigenvalue weighted by molar-refractivity contribution is -0.137. The average molecular weight is 293 g/mol. The molecule has 21 heavy (non-hydrogen) atoms. The predicted octanol–water partition coefficient (Wildman–Crippen LogP) is 2.33. The molecule has 2 amide bonds. The quantitative estimate of drug-likeness (QED) is 0.844. The molecule has 0 radical (unpaired) electrons. The Hall–Kier alpha value is -2.24. The number of rotatable bonds is 6. The molecule has 0 aliphatic heterocycles. The highest BCUT2D eigenvalue weighted by molar-refractivity contribution is 5.94. The van der Waals surface area contributed by atoms with Crippen LogP contribution in [-0.2, 0) is 4.79 Å². The average Bonchev–Trinajstić information content (AvgIpc) is 2.37. The zero-order valence-electron chi connectivity index (χ0n) is 13.0. The van der Waals surface area contributed by atoms with Crippen molar-refractivity contribution in [1.29, 1.82) is 0 Å². The maximum atomic E-state index is 12.3. The van der Waals surface area contributed by atoms with E-state index in [4.69, 9.17) is 5.11 Å². The molecule has 0 fully saturated rings. The number of carboxylic acid groups (broad SMARTS) is 1. The summed E-state index contributed by atoms with van der Waals surface area (Å²) in [7, 11) is 3.77. The number of nitrogens with zero attached hydrogens (tertiary/aromatic N) is 2. The number of hydrogen-bond acceptors (Lipinski definition) is 3. The molecule has 1 aromatic rings. The lowest BCUT2D eigenvalue weighted by atomic mass is 10.2. The van der Waals surface area contributed by atoms with E-state index in [2.05, 4.69) is 5.32 Å². The molecule has 2 N–H and O–H groups in total. The molecule has 116 valence electrons. The van der Waals surface area contributed by atoms with Gasteiger partial charge in [0.15, 0.2) is 0 Å². The summed E-state index contributed by atoms with van der Waals surface area (Å²) in [4.78, 5) is 26.4. The second-order valence-corrected chi connectivity index (χ2v) is 5.51. The van der Waals surface area contributed by atoms with Crippen molar-refractivity contribution in [2.24, 2.45) is 5.92 Å². The van der Waals surface area contributed by atoms with Crippen molar-refractivity contribution in [2.75, 3.05) is 37.4 Å². The monoisotopic (exact) mass is 293 g/mol. The number of benzene rings is 1. The van der Waals surface area contributed by atoms with Crippen LogP contribution in [0, 0.1) is 5.92 Å². The fourth-order valence-electron chi connectivity index (χ4n) is 1.99. The number of carbonyl (C=O) groups excluding carboxylic acids is 1. The van der Waals surface area contributed by atoms with Gasteiger partial charge in [-0.1, -0.05) is 26.0 Å². The van der Waals surface area contributed by atoms with Crippen LogP contribution in [0.1, 0.15) is 13.8 Å². The molecule has 0 aliphatic rings. The molecule has 1 rings (SSSR count). The van der Waals surface area contributed by atoms with Crippen molar-refractivity contribution in [1.82, 2.24) is 4.90 Å². The van der Waals surface area contributed by atoms with Crippen molar-refractivity contribution in [3.05, 3.63) is 24.3 Å². The minimum atomic E-state index is -1.02. The summed E-state index contributed by atoms with van der Waals surface area (Å²) < 4.78 is 0. The Balaban J connectivity index is 2.88. The van der Waals surface area contributed by atoms with Gasteiger partial charge in [-0.25, -0.2) is 4.79 Å². The third-order valence-electron chi connectivity index (χ3n) is 2.83. The molecule has 0 bridgehead atoms. The molecule has 0 aromatic heterocycles. The number of para-hydroxylation sites is 2. The number of carbonyl (C=O) groups is 2. The number of aliphatic carboxylic acids is 1. The Morgan fingerprint density at radius 3 is 2.38 bits per heavy atom. The Labute approximate surface area is 125 Å².